The second kappa shape index (κ2) is 7.34. The molecule has 3 aromatic rings. The van der Waals surface area contributed by atoms with Gasteiger partial charge in [0.1, 0.15) is 5.82 Å². The minimum Gasteiger partial charge on any atom is -0.348 e. The number of rotatable bonds is 5. The predicted octanol–water partition coefficient (Wildman–Crippen LogP) is 5.32. The second-order valence-corrected chi connectivity index (χ2v) is 6.42. The Labute approximate surface area is 149 Å². The van der Waals surface area contributed by atoms with Crippen LogP contribution in [-0.4, -0.2) is 9.97 Å². The van der Waals surface area contributed by atoms with Gasteiger partial charge in [-0.3, -0.25) is 0 Å². The molecule has 4 nitrogen and oxygen atoms in total. The molecule has 1 atom stereocenters. The van der Waals surface area contributed by atoms with Gasteiger partial charge in [-0.2, -0.15) is 4.98 Å². The molecule has 0 aliphatic carbocycles. The lowest BCUT2D eigenvalue weighted by Crippen LogP contribution is -2.10. The third-order valence-corrected chi connectivity index (χ3v) is 4.28. The van der Waals surface area contributed by atoms with Crippen molar-refractivity contribution >= 4 is 17.5 Å². The molecular formula is C21H24N4. The average Bonchev–Trinajstić information content (AvgIpc) is 2.58. The Morgan fingerprint density at radius 1 is 0.840 bits per heavy atom. The lowest BCUT2D eigenvalue weighted by molar-refractivity contribution is 0.858. The fourth-order valence-corrected chi connectivity index (χ4v) is 2.68. The highest BCUT2D eigenvalue weighted by atomic mass is 15.2. The maximum atomic E-state index is 4.61. The molecule has 0 spiro atoms. The van der Waals surface area contributed by atoms with Crippen LogP contribution in [0.2, 0.25) is 0 Å². The first-order valence-corrected chi connectivity index (χ1v) is 8.53. The lowest BCUT2D eigenvalue weighted by Gasteiger charge is -2.16. The minimum atomic E-state index is 0.137. The van der Waals surface area contributed by atoms with Crippen molar-refractivity contribution in [1.82, 2.24) is 9.97 Å². The predicted molar refractivity (Wildman–Crippen MR) is 104 cm³/mol. The molecule has 0 saturated heterocycles. The van der Waals surface area contributed by atoms with Gasteiger partial charge in [-0.25, -0.2) is 4.98 Å². The molecule has 4 heteroatoms. The number of hydrogen-bond acceptors (Lipinski definition) is 4. The van der Waals surface area contributed by atoms with Gasteiger partial charge in [0, 0.05) is 17.4 Å². The summed E-state index contributed by atoms with van der Waals surface area (Å²) in [5.41, 5.74) is 5.69. The fourth-order valence-electron chi connectivity index (χ4n) is 2.68. The van der Waals surface area contributed by atoms with E-state index in [4.69, 9.17) is 0 Å². The van der Waals surface area contributed by atoms with Crippen LogP contribution in [0.4, 0.5) is 17.5 Å². The Morgan fingerprint density at radius 3 is 2.32 bits per heavy atom. The van der Waals surface area contributed by atoms with E-state index in [2.05, 4.69) is 71.7 Å². The zero-order chi connectivity index (χ0) is 17.8. The first-order valence-electron chi connectivity index (χ1n) is 8.53. The number of benzene rings is 2. The van der Waals surface area contributed by atoms with Gasteiger partial charge in [-0.05, 0) is 56.5 Å². The van der Waals surface area contributed by atoms with Crippen molar-refractivity contribution in [2.75, 3.05) is 10.6 Å². The first kappa shape index (κ1) is 17.0. The van der Waals surface area contributed by atoms with E-state index in [0.29, 0.717) is 5.95 Å². The zero-order valence-corrected chi connectivity index (χ0v) is 15.2. The summed E-state index contributed by atoms with van der Waals surface area (Å²) in [5.74, 6) is 1.42. The molecular weight excluding hydrogens is 308 g/mol. The molecule has 0 bridgehead atoms. The van der Waals surface area contributed by atoms with Crippen LogP contribution >= 0.6 is 0 Å². The molecule has 25 heavy (non-hydrogen) atoms. The number of anilines is 3. The molecule has 128 valence electrons. The Kier molecular flexibility index (Phi) is 4.98. The standard InChI is InChI=1S/C21H24N4/c1-14-10-11-19(12-15(14)2)24-20-13-16(3)22-21(25-20)23-17(4)18-8-6-5-7-9-18/h5-13,17H,1-4H3,(H2,22,23,24,25). The van der Waals surface area contributed by atoms with E-state index < -0.39 is 0 Å². The highest BCUT2D eigenvalue weighted by Gasteiger charge is 2.08. The molecule has 0 fully saturated rings. The van der Waals surface area contributed by atoms with Gasteiger partial charge >= 0.3 is 0 Å². The highest BCUT2D eigenvalue weighted by molar-refractivity contribution is 5.59. The lowest BCUT2D eigenvalue weighted by atomic mass is 10.1. The summed E-state index contributed by atoms with van der Waals surface area (Å²) in [6.45, 7) is 8.31. The summed E-state index contributed by atoms with van der Waals surface area (Å²) < 4.78 is 0. The quantitative estimate of drug-likeness (QED) is 0.664. The van der Waals surface area contributed by atoms with Crippen molar-refractivity contribution in [3.8, 4) is 0 Å². The van der Waals surface area contributed by atoms with Crippen LogP contribution in [-0.2, 0) is 0 Å². The Balaban J connectivity index is 1.79. The Hall–Kier alpha value is -2.88. The molecule has 1 aromatic heterocycles. The summed E-state index contributed by atoms with van der Waals surface area (Å²) in [6.07, 6.45) is 0. The number of hydrogen-bond donors (Lipinski definition) is 2. The SMILES string of the molecule is Cc1cc(Nc2ccc(C)c(C)c2)nc(NC(C)c2ccccc2)n1. The van der Waals surface area contributed by atoms with Crippen LogP contribution in [0.1, 0.15) is 35.3 Å². The molecule has 3 rings (SSSR count). The maximum Gasteiger partial charge on any atom is 0.225 e. The van der Waals surface area contributed by atoms with Crippen molar-refractivity contribution in [3.05, 3.63) is 77.0 Å². The van der Waals surface area contributed by atoms with Crippen LogP contribution in [0.25, 0.3) is 0 Å². The molecule has 0 saturated carbocycles. The van der Waals surface area contributed by atoms with Gasteiger partial charge < -0.3 is 10.6 Å². The largest absolute Gasteiger partial charge is 0.348 e. The summed E-state index contributed by atoms with van der Waals surface area (Å²) in [6, 6.07) is 18.7. The zero-order valence-electron chi connectivity index (χ0n) is 15.2. The van der Waals surface area contributed by atoms with Crippen LogP contribution in [0.5, 0.6) is 0 Å². The highest BCUT2D eigenvalue weighted by Crippen LogP contribution is 2.21. The van der Waals surface area contributed by atoms with E-state index in [-0.39, 0.29) is 6.04 Å². The van der Waals surface area contributed by atoms with E-state index in [1.807, 2.05) is 31.2 Å². The molecule has 2 aromatic carbocycles. The van der Waals surface area contributed by atoms with Crippen molar-refractivity contribution in [1.29, 1.82) is 0 Å². The summed E-state index contributed by atoms with van der Waals surface area (Å²) >= 11 is 0. The molecule has 0 radical (unpaired) electrons. The molecule has 2 N–H and O–H groups in total. The number of aryl methyl sites for hydroxylation is 3. The molecule has 0 aliphatic rings. The van der Waals surface area contributed by atoms with Crippen LogP contribution in [0, 0.1) is 20.8 Å². The summed E-state index contributed by atoms with van der Waals surface area (Å²) in [4.78, 5) is 9.12. The average molecular weight is 332 g/mol. The van der Waals surface area contributed by atoms with Crippen molar-refractivity contribution in [2.45, 2.75) is 33.7 Å². The van der Waals surface area contributed by atoms with Crippen LogP contribution < -0.4 is 10.6 Å². The van der Waals surface area contributed by atoms with Gasteiger partial charge in [0.2, 0.25) is 5.95 Å². The van der Waals surface area contributed by atoms with Crippen LogP contribution in [0.3, 0.4) is 0 Å². The first-order chi connectivity index (χ1) is 12.0. The van der Waals surface area contributed by atoms with Crippen molar-refractivity contribution in [2.24, 2.45) is 0 Å². The molecule has 1 heterocycles. The summed E-state index contributed by atoms with van der Waals surface area (Å²) in [5, 5.41) is 6.76. The number of nitrogens with one attached hydrogen (secondary N) is 2. The monoisotopic (exact) mass is 332 g/mol. The maximum absolute atomic E-state index is 4.61. The number of aromatic nitrogens is 2. The van der Waals surface area contributed by atoms with E-state index in [9.17, 15) is 0 Å². The third-order valence-electron chi connectivity index (χ3n) is 4.28. The fraction of sp³-hybridized carbons (Fsp3) is 0.238. The van der Waals surface area contributed by atoms with E-state index in [1.54, 1.807) is 0 Å². The van der Waals surface area contributed by atoms with Gasteiger partial charge in [-0.1, -0.05) is 36.4 Å². The van der Waals surface area contributed by atoms with Gasteiger partial charge in [-0.15, -0.1) is 0 Å². The van der Waals surface area contributed by atoms with E-state index in [1.165, 1.54) is 16.7 Å². The minimum absolute atomic E-state index is 0.137. The van der Waals surface area contributed by atoms with Crippen molar-refractivity contribution in [3.63, 3.8) is 0 Å². The van der Waals surface area contributed by atoms with Gasteiger partial charge in [0.15, 0.2) is 0 Å². The van der Waals surface area contributed by atoms with E-state index >= 15 is 0 Å². The van der Waals surface area contributed by atoms with Gasteiger partial charge in [0.25, 0.3) is 0 Å². The Morgan fingerprint density at radius 2 is 1.60 bits per heavy atom. The molecule has 0 aliphatic heterocycles. The molecule has 1 unspecified atom stereocenters. The number of nitrogens with zero attached hydrogens (tertiary/aromatic N) is 2. The Bertz CT molecular complexity index is 859. The van der Waals surface area contributed by atoms with Crippen LogP contribution in [0.15, 0.2) is 54.6 Å². The second-order valence-electron chi connectivity index (χ2n) is 6.42. The third kappa shape index (κ3) is 4.35. The smallest absolute Gasteiger partial charge is 0.225 e. The van der Waals surface area contributed by atoms with Gasteiger partial charge in [0.05, 0.1) is 6.04 Å². The van der Waals surface area contributed by atoms with Crippen molar-refractivity contribution < 1.29 is 0 Å². The summed E-state index contributed by atoms with van der Waals surface area (Å²) in [7, 11) is 0. The molecule has 0 amide bonds. The van der Waals surface area contributed by atoms with E-state index in [0.717, 1.165) is 17.2 Å². The normalized spacial score (nSPS) is 11.8. The topological polar surface area (TPSA) is 49.8 Å².